The molecule has 6 heteroatoms. The number of likely N-dealkylation sites (tertiary alicyclic amines) is 1. The maximum absolute atomic E-state index is 13.3. The number of nitrogens with zero attached hydrogens (tertiary/aromatic N) is 1. The van der Waals surface area contributed by atoms with E-state index < -0.39 is 24.1 Å². The monoisotopic (exact) mass is 287 g/mol. The molecule has 104 valence electrons. The number of carboxylic acid groups (broad SMARTS) is 1. The zero-order chi connectivity index (χ0) is 14.0. The lowest BCUT2D eigenvalue weighted by Crippen LogP contribution is -2.46. The van der Waals surface area contributed by atoms with Gasteiger partial charge in [0.1, 0.15) is 5.82 Å². The van der Waals surface area contributed by atoms with Crippen molar-refractivity contribution in [2.45, 2.75) is 31.4 Å². The molecule has 1 saturated heterocycles. The maximum atomic E-state index is 13.3. The quantitative estimate of drug-likeness (QED) is 0.879. The molecule has 2 unspecified atom stereocenters. The summed E-state index contributed by atoms with van der Waals surface area (Å²) >= 11 is 5.75. The van der Waals surface area contributed by atoms with Crippen LogP contribution < -0.4 is 0 Å². The first kappa shape index (κ1) is 14.1. The number of amides is 1. The van der Waals surface area contributed by atoms with E-state index in [0.29, 0.717) is 18.5 Å². The fourth-order valence-electron chi connectivity index (χ4n) is 2.49. The van der Waals surface area contributed by atoms with Crippen molar-refractivity contribution in [1.82, 2.24) is 4.90 Å². The van der Waals surface area contributed by atoms with Gasteiger partial charge in [0.2, 0.25) is 0 Å². The molecule has 1 aliphatic heterocycles. The van der Waals surface area contributed by atoms with Crippen LogP contribution in [0.25, 0.3) is 0 Å². The van der Waals surface area contributed by atoms with Gasteiger partial charge in [-0.15, -0.1) is 0 Å². The third-order valence-corrected chi connectivity index (χ3v) is 3.60. The topological polar surface area (TPSA) is 60.8 Å². The van der Waals surface area contributed by atoms with E-state index in [2.05, 4.69) is 0 Å². The molecule has 19 heavy (non-hydrogen) atoms. The number of aliphatic hydroxyl groups is 1. The van der Waals surface area contributed by atoms with Gasteiger partial charge in [-0.25, -0.2) is 9.18 Å². The van der Waals surface area contributed by atoms with Gasteiger partial charge in [0.15, 0.2) is 0 Å². The fraction of sp³-hybridized carbons (Fsp3) is 0.462. The second-order valence-electron chi connectivity index (χ2n) is 4.69. The first-order valence-electron chi connectivity index (χ1n) is 6.12. The van der Waals surface area contributed by atoms with Gasteiger partial charge in [0, 0.05) is 11.6 Å². The minimum absolute atomic E-state index is 0.187. The third kappa shape index (κ3) is 3.16. The van der Waals surface area contributed by atoms with Gasteiger partial charge >= 0.3 is 6.09 Å². The Balaban J connectivity index is 2.25. The standard InChI is InChI=1S/C13H15ClFNO3/c14-9-5-8(6-10(15)7-9)12(17)11-3-1-2-4-16(11)13(18)19/h5-7,11-12,17H,1-4H2,(H,18,19). The molecule has 0 bridgehead atoms. The van der Waals surface area contributed by atoms with E-state index in [1.54, 1.807) is 0 Å². The molecule has 2 atom stereocenters. The molecule has 0 radical (unpaired) electrons. The molecular weight excluding hydrogens is 273 g/mol. The van der Waals surface area contributed by atoms with Gasteiger partial charge in [-0.3, -0.25) is 0 Å². The summed E-state index contributed by atoms with van der Waals surface area (Å²) in [5.41, 5.74) is 0.308. The highest BCUT2D eigenvalue weighted by Gasteiger charge is 2.33. The Labute approximate surface area is 115 Å². The number of benzene rings is 1. The van der Waals surface area contributed by atoms with E-state index in [1.807, 2.05) is 0 Å². The normalized spacial score (nSPS) is 21.2. The smallest absolute Gasteiger partial charge is 0.407 e. The van der Waals surface area contributed by atoms with Gasteiger partial charge in [0.05, 0.1) is 12.1 Å². The van der Waals surface area contributed by atoms with E-state index in [9.17, 15) is 14.3 Å². The fourth-order valence-corrected chi connectivity index (χ4v) is 2.72. The van der Waals surface area contributed by atoms with Crippen molar-refractivity contribution in [3.05, 3.63) is 34.6 Å². The summed E-state index contributed by atoms with van der Waals surface area (Å²) in [7, 11) is 0. The van der Waals surface area contributed by atoms with Crippen LogP contribution in [0.1, 0.15) is 30.9 Å². The lowest BCUT2D eigenvalue weighted by Gasteiger charge is -2.36. The van der Waals surface area contributed by atoms with Crippen LogP contribution in [0.3, 0.4) is 0 Å². The van der Waals surface area contributed by atoms with Crippen molar-refractivity contribution in [1.29, 1.82) is 0 Å². The molecule has 2 N–H and O–H groups in total. The van der Waals surface area contributed by atoms with Gasteiger partial charge in [-0.05, 0) is 43.0 Å². The Morgan fingerprint density at radius 1 is 1.42 bits per heavy atom. The van der Waals surface area contributed by atoms with Gasteiger partial charge in [0.25, 0.3) is 0 Å². The average molecular weight is 288 g/mol. The average Bonchev–Trinajstić information content (AvgIpc) is 2.36. The third-order valence-electron chi connectivity index (χ3n) is 3.39. The number of aliphatic hydroxyl groups excluding tert-OH is 1. The lowest BCUT2D eigenvalue weighted by atomic mass is 9.93. The number of hydrogen-bond donors (Lipinski definition) is 2. The Bertz CT molecular complexity index is 463. The molecule has 1 heterocycles. The SMILES string of the molecule is O=C(O)N1CCCCC1C(O)c1cc(F)cc(Cl)c1. The highest BCUT2D eigenvalue weighted by Crippen LogP contribution is 2.30. The van der Waals surface area contributed by atoms with Crippen LogP contribution >= 0.6 is 11.6 Å². The van der Waals surface area contributed by atoms with E-state index in [1.165, 1.54) is 17.0 Å². The zero-order valence-corrected chi connectivity index (χ0v) is 11.0. The molecule has 1 aromatic rings. The molecule has 0 saturated carbocycles. The van der Waals surface area contributed by atoms with Crippen molar-refractivity contribution in [3.63, 3.8) is 0 Å². The highest BCUT2D eigenvalue weighted by atomic mass is 35.5. The molecule has 1 amide bonds. The largest absolute Gasteiger partial charge is 0.465 e. The van der Waals surface area contributed by atoms with Crippen molar-refractivity contribution < 1.29 is 19.4 Å². The molecule has 0 aromatic heterocycles. The van der Waals surface area contributed by atoms with E-state index >= 15 is 0 Å². The summed E-state index contributed by atoms with van der Waals surface area (Å²) in [5, 5.41) is 19.6. The van der Waals surface area contributed by atoms with Crippen LogP contribution in [0.2, 0.25) is 5.02 Å². The number of rotatable bonds is 2. The Kier molecular flexibility index (Phi) is 4.27. The molecule has 1 fully saturated rings. The van der Waals surface area contributed by atoms with E-state index in [-0.39, 0.29) is 5.02 Å². The van der Waals surface area contributed by atoms with Crippen LogP contribution in [-0.2, 0) is 0 Å². The Hall–Kier alpha value is -1.33. The van der Waals surface area contributed by atoms with Crippen LogP contribution in [0.4, 0.5) is 9.18 Å². The summed E-state index contributed by atoms with van der Waals surface area (Å²) in [6.45, 7) is 0.389. The van der Waals surface area contributed by atoms with Gasteiger partial charge in [-0.1, -0.05) is 11.6 Å². The molecular formula is C13H15ClFNO3. The summed E-state index contributed by atoms with van der Waals surface area (Å²) in [6.07, 6.45) is 0.0473. The lowest BCUT2D eigenvalue weighted by molar-refractivity contribution is 0.0284. The van der Waals surface area contributed by atoms with Crippen LogP contribution in [0.15, 0.2) is 18.2 Å². The van der Waals surface area contributed by atoms with E-state index in [0.717, 1.165) is 18.9 Å². The van der Waals surface area contributed by atoms with E-state index in [4.69, 9.17) is 16.7 Å². The van der Waals surface area contributed by atoms with Gasteiger partial charge in [-0.2, -0.15) is 0 Å². The summed E-state index contributed by atoms with van der Waals surface area (Å²) in [5.74, 6) is -0.542. The minimum atomic E-state index is -1.07. The van der Waals surface area contributed by atoms with Crippen molar-refractivity contribution in [3.8, 4) is 0 Å². The number of hydrogen-bond acceptors (Lipinski definition) is 2. The first-order valence-corrected chi connectivity index (χ1v) is 6.50. The Morgan fingerprint density at radius 2 is 2.16 bits per heavy atom. The van der Waals surface area contributed by atoms with Crippen molar-refractivity contribution in [2.24, 2.45) is 0 Å². The molecule has 1 aliphatic rings. The molecule has 0 aliphatic carbocycles. The van der Waals surface area contributed by atoms with Crippen LogP contribution in [0, 0.1) is 5.82 Å². The molecule has 4 nitrogen and oxygen atoms in total. The first-order chi connectivity index (χ1) is 8.99. The summed E-state index contributed by atoms with van der Waals surface area (Å²) in [4.78, 5) is 12.4. The highest BCUT2D eigenvalue weighted by molar-refractivity contribution is 6.30. The minimum Gasteiger partial charge on any atom is -0.465 e. The number of halogens is 2. The predicted octanol–water partition coefficient (Wildman–Crippen LogP) is 3.05. The van der Waals surface area contributed by atoms with Crippen molar-refractivity contribution >= 4 is 17.7 Å². The Morgan fingerprint density at radius 3 is 2.79 bits per heavy atom. The predicted molar refractivity (Wildman–Crippen MR) is 68.7 cm³/mol. The summed E-state index contributed by atoms with van der Waals surface area (Å²) < 4.78 is 13.3. The van der Waals surface area contributed by atoms with Crippen LogP contribution in [-0.4, -0.2) is 33.8 Å². The van der Waals surface area contributed by atoms with Gasteiger partial charge < -0.3 is 15.1 Å². The number of piperidine rings is 1. The summed E-state index contributed by atoms with van der Waals surface area (Å²) in [6, 6.07) is 3.24. The molecule has 0 spiro atoms. The van der Waals surface area contributed by atoms with Crippen LogP contribution in [0.5, 0.6) is 0 Å². The second kappa shape index (κ2) is 5.75. The molecule has 2 rings (SSSR count). The molecule has 1 aromatic carbocycles. The second-order valence-corrected chi connectivity index (χ2v) is 5.12. The zero-order valence-electron chi connectivity index (χ0n) is 10.2. The maximum Gasteiger partial charge on any atom is 0.407 e. The number of carbonyl (C=O) groups is 1. The van der Waals surface area contributed by atoms with Crippen molar-refractivity contribution in [2.75, 3.05) is 6.54 Å².